The van der Waals surface area contributed by atoms with Crippen LogP contribution in [0.2, 0.25) is 0 Å². The summed E-state index contributed by atoms with van der Waals surface area (Å²) in [5.74, 6) is 1.64. The molecule has 0 aromatic heterocycles. The molecule has 170 valence electrons. The zero-order valence-corrected chi connectivity index (χ0v) is 21.7. The SMILES string of the molecule is C/C(=N\NC(=S)Cc1ccc(C)c(C)c1)c1cccc(C(C)C)c1.CC.CCC1CC1. The average molecular weight is 439 g/mol. The Hall–Kier alpha value is -2.00. The van der Waals surface area contributed by atoms with Crippen molar-refractivity contribution >= 4 is 22.9 Å². The van der Waals surface area contributed by atoms with Crippen molar-refractivity contribution < 1.29 is 0 Å². The van der Waals surface area contributed by atoms with Gasteiger partial charge in [-0.2, -0.15) is 5.10 Å². The van der Waals surface area contributed by atoms with E-state index in [0.717, 1.165) is 22.2 Å². The predicted molar refractivity (Wildman–Crippen MR) is 142 cm³/mol. The maximum Gasteiger partial charge on any atom is 0.100 e. The van der Waals surface area contributed by atoms with E-state index in [2.05, 4.69) is 87.6 Å². The van der Waals surface area contributed by atoms with Gasteiger partial charge in [0.25, 0.3) is 0 Å². The van der Waals surface area contributed by atoms with Crippen molar-refractivity contribution in [2.45, 2.75) is 87.0 Å². The Labute approximate surface area is 196 Å². The highest BCUT2D eigenvalue weighted by Crippen LogP contribution is 2.31. The van der Waals surface area contributed by atoms with E-state index in [-0.39, 0.29) is 0 Å². The van der Waals surface area contributed by atoms with Gasteiger partial charge in [-0.3, -0.25) is 5.43 Å². The van der Waals surface area contributed by atoms with Crippen molar-refractivity contribution in [3.63, 3.8) is 0 Å². The van der Waals surface area contributed by atoms with E-state index in [1.807, 2.05) is 20.8 Å². The lowest BCUT2D eigenvalue weighted by Gasteiger charge is -2.09. The van der Waals surface area contributed by atoms with Gasteiger partial charge >= 0.3 is 0 Å². The van der Waals surface area contributed by atoms with Crippen LogP contribution >= 0.6 is 12.2 Å². The first-order valence-corrected chi connectivity index (χ1v) is 12.2. The zero-order chi connectivity index (χ0) is 23.4. The number of hydrogen-bond acceptors (Lipinski definition) is 2. The van der Waals surface area contributed by atoms with Gasteiger partial charge in [0.2, 0.25) is 0 Å². The van der Waals surface area contributed by atoms with Gasteiger partial charge in [-0.1, -0.05) is 102 Å². The zero-order valence-electron chi connectivity index (χ0n) is 20.9. The van der Waals surface area contributed by atoms with Crippen LogP contribution in [0.3, 0.4) is 0 Å². The smallest absolute Gasteiger partial charge is 0.100 e. The van der Waals surface area contributed by atoms with Crippen LogP contribution in [-0.4, -0.2) is 10.7 Å². The third-order valence-electron chi connectivity index (χ3n) is 5.53. The Morgan fingerprint density at radius 1 is 1.06 bits per heavy atom. The summed E-state index contributed by atoms with van der Waals surface area (Å²) < 4.78 is 0. The molecule has 0 heterocycles. The van der Waals surface area contributed by atoms with Gasteiger partial charge in [0, 0.05) is 6.42 Å². The number of nitrogens with zero attached hydrogens (tertiary/aromatic N) is 1. The summed E-state index contributed by atoms with van der Waals surface area (Å²) in [6, 6.07) is 15.0. The van der Waals surface area contributed by atoms with Crippen molar-refractivity contribution in [3.8, 4) is 0 Å². The first-order chi connectivity index (χ1) is 14.8. The molecular formula is C28H42N2S. The standard InChI is InChI=1S/C21H26N2S.C5H10.C2H6/c1-14(2)19-7-6-8-20(13-19)17(5)22-23-21(24)12-18-10-9-15(3)16(4)11-18;1-2-5-3-4-5;1-2/h6-11,13-14H,12H2,1-5H3,(H,23,24);5H,2-4H2,1H3;1-2H3/b22-17+;;. The molecule has 1 N–H and O–H groups in total. The minimum absolute atomic E-state index is 0.511. The van der Waals surface area contributed by atoms with Crippen LogP contribution in [0.15, 0.2) is 47.6 Å². The molecule has 31 heavy (non-hydrogen) atoms. The van der Waals surface area contributed by atoms with Crippen LogP contribution in [0.1, 0.15) is 94.5 Å². The maximum absolute atomic E-state index is 5.43. The highest BCUT2D eigenvalue weighted by atomic mass is 32.1. The van der Waals surface area contributed by atoms with E-state index < -0.39 is 0 Å². The third kappa shape index (κ3) is 10.2. The minimum atomic E-state index is 0.511. The number of benzene rings is 2. The highest BCUT2D eigenvalue weighted by Gasteiger charge is 2.17. The van der Waals surface area contributed by atoms with Crippen molar-refractivity contribution in [2.75, 3.05) is 0 Å². The molecular weight excluding hydrogens is 396 g/mol. The summed E-state index contributed by atoms with van der Waals surface area (Å²) in [6.45, 7) is 16.9. The number of rotatable bonds is 6. The number of aryl methyl sites for hydroxylation is 2. The minimum Gasteiger partial charge on any atom is -0.271 e. The molecule has 1 saturated carbocycles. The Kier molecular flexibility index (Phi) is 12.3. The summed E-state index contributed by atoms with van der Waals surface area (Å²) in [4.78, 5) is 0.734. The first-order valence-electron chi connectivity index (χ1n) is 11.8. The van der Waals surface area contributed by atoms with Gasteiger partial charge in [0.05, 0.1) is 5.71 Å². The van der Waals surface area contributed by atoms with Gasteiger partial charge in [0.1, 0.15) is 4.99 Å². The van der Waals surface area contributed by atoms with Crippen LogP contribution < -0.4 is 5.43 Å². The Bertz CT molecular complexity index is 848. The summed E-state index contributed by atoms with van der Waals surface area (Å²) in [5.41, 5.74) is 10.2. The number of hydrazone groups is 1. The Morgan fingerprint density at radius 2 is 1.74 bits per heavy atom. The van der Waals surface area contributed by atoms with Crippen LogP contribution in [0.5, 0.6) is 0 Å². The predicted octanol–water partition coefficient (Wildman–Crippen LogP) is 8.14. The third-order valence-corrected chi connectivity index (χ3v) is 5.77. The van der Waals surface area contributed by atoms with E-state index >= 15 is 0 Å². The summed E-state index contributed by atoms with van der Waals surface area (Å²) in [5, 5.41) is 4.46. The molecule has 0 saturated heterocycles. The summed E-state index contributed by atoms with van der Waals surface area (Å²) in [7, 11) is 0. The van der Waals surface area contributed by atoms with Crippen LogP contribution in [0.4, 0.5) is 0 Å². The molecule has 0 spiro atoms. The molecule has 0 bridgehead atoms. The molecule has 0 aliphatic heterocycles. The second-order valence-corrected chi connectivity index (χ2v) is 8.95. The second-order valence-electron chi connectivity index (χ2n) is 8.46. The largest absolute Gasteiger partial charge is 0.271 e. The van der Waals surface area contributed by atoms with E-state index in [9.17, 15) is 0 Å². The van der Waals surface area contributed by atoms with Crippen molar-refractivity contribution in [1.82, 2.24) is 5.43 Å². The molecule has 1 aliphatic rings. The van der Waals surface area contributed by atoms with Crippen LogP contribution in [-0.2, 0) is 6.42 Å². The number of nitrogens with one attached hydrogen (secondary N) is 1. The molecule has 0 unspecified atom stereocenters. The fourth-order valence-corrected chi connectivity index (χ4v) is 3.21. The lowest BCUT2D eigenvalue weighted by Crippen LogP contribution is -2.19. The number of hydrogen-bond donors (Lipinski definition) is 1. The van der Waals surface area contributed by atoms with Crippen LogP contribution in [0, 0.1) is 19.8 Å². The van der Waals surface area contributed by atoms with Crippen LogP contribution in [0.25, 0.3) is 0 Å². The number of thiocarbonyl (C=S) groups is 1. The molecule has 0 atom stereocenters. The fraction of sp³-hybridized carbons (Fsp3) is 0.500. The average Bonchev–Trinajstić information content (AvgIpc) is 3.61. The van der Waals surface area contributed by atoms with E-state index in [1.165, 1.54) is 41.5 Å². The molecule has 0 amide bonds. The lowest BCUT2D eigenvalue weighted by molar-refractivity contribution is 0.799. The van der Waals surface area contributed by atoms with Gasteiger partial charge in [0.15, 0.2) is 0 Å². The van der Waals surface area contributed by atoms with Crippen molar-refractivity contribution in [1.29, 1.82) is 0 Å². The van der Waals surface area contributed by atoms with Gasteiger partial charge < -0.3 is 0 Å². The summed E-state index contributed by atoms with van der Waals surface area (Å²) >= 11 is 5.43. The highest BCUT2D eigenvalue weighted by molar-refractivity contribution is 7.80. The van der Waals surface area contributed by atoms with Gasteiger partial charge in [-0.25, -0.2) is 0 Å². The topological polar surface area (TPSA) is 24.4 Å². The van der Waals surface area contributed by atoms with Crippen molar-refractivity contribution in [3.05, 3.63) is 70.3 Å². The molecule has 2 nitrogen and oxygen atoms in total. The quantitative estimate of drug-likeness (QED) is 0.279. The molecule has 2 aromatic carbocycles. The Balaban J connectivity index is 0.000000589. The molecule has 3 heteroatoms. The van der Waals surface area contributed by atoms with E-state index in [0.29, 0.717) is 12.3 Å². The maximum atomic E-state index is 5.43. The van der Waals surface area contributed by atoms with Gasteiger partial charge in [-0.15, -0.1) is 0 Å². The molecule has 3 rings (SSSR count). The monoisotopic (exact) mass is 438 g/mol. The fourth-order valence-electron chi connectivity index (χ4n) is 3.00. The van der Waals surface area contributed by atoms with E-state index in [1.54, 1.807) is 0 Å². The Morgan fingerprint density at radius 3 is 2.26 bits per heavy atom. The second kappa shape index (κ2) is 14.1. The molecule has 0 radical (unpaired) electrons. The molecule has 2 aromatic rings. The summed E-state index contributed by atoms with van der Waals surface area (Å²) in [6.07, 6.45) is 5.15. The van der Waals surface area contributed by atoms with Crippen molar-refractivity contribution in [2.24, 2.45) is 11.0 Å². The molecule has 1 aliphatic carbocycles. The van der Waals surface area contributed by atoms with Gasteiger partial charge in [-0.05, 0) is 66.5 Å². The molecule has 1 fully saturated rings. The van der Waals surface area contributed by atoms with E-state index in [4.69, 9.17) is 12.2 Å². The lowest BCUT2D eigenvalue weighted by atomic mass is 9.99. The normalized spacial score (nSPS) is 13.0. The first kappa shape index (κ1) is 27.0.